The predicted octanol–water partition coefficient (Wildman–Crippen LogP) is 1.72. The van der Waals surface area contributed by atoms with Crippen molar-refractivity contribution in [2.45, 2.75) is 38.3 Å². The molecule has 0 aromatic heterocycles. The quantitative estimate of drug-likeness (QED) is 0.471. The van der Waals surface area contributed by atoms with Crippen molar-refractivity contribution < 1.29 is 27.8 Å². The molecular formula is C10H15F3O3Si. The Bertz CT molecular complexity index is 349. The molecule has 0 aromatic carbocycles. The maximum absolute atomic E-state index is 12.6. The van der Waals surface area contributed by atoms with Crippen LogP contribution in [0.3, 0.4) is 0 Å². The summed E-state index contributed by atoms with van der Waals surface area (Å²) in [6.45, 7) is 6.18. The van der Waals surface area contributed by atoms with Crippen molar-refractivity contribution in [3.05, 3.63) is 0 Å². The Hall–Kier alpha value is -1.00. The molecule has 3 nitrogen and oxygen atoms in total. The van der Waals surface area contributed by atoms with Crippen molar-refractivity contribution >= 4 is 14.0 Å². The first-order valence-electron chi connectivity index (χ1n) is 4.94. The Morgan fingerprint density at radius 1 is 1.35 bits per heavy atom. The van der Waals surface area contributed by atoms with Gasteiger partial charge in [-0.15, -0.1) is 5.54 Å². The van der Waals surface area contributed by atoms with Crippen molar-refractivity contribution in [2.75, 3.05) is 6.61 Å². The van der Waals surface area contributed by atoms with Gasteiger partial charge in [-0.3, -0.25) is 0 Å². The highest BCUT2D eigenvalue weighted by Gasteiger charge is 2.60. The molecule has 0 saturated heterocycles. The molecular weight excluding hydrogens is 253 g/mol. The first-order valence-corrected chi connectivity index (χ1v) is 8.44. The number of ether oxygens (including phenoxy) is 1. The van der Waals surface area contributed by atoms with Gasteiger partial charge in [0.15, 0.2) is 0 Å². The molecule has 0 aliphatic heterocycles. The highest BCUT2D eigenvalue weighted by molar-refractivity contribution is 6.83. The second kappa shape index (κ2) is 5.10. The smallest absolute Gasteiger partial charge is 0.440 e. The van der Waals surface area contributed by atoms with Gasteiger partial charge >= 0.3 is 17.7 Å². The van der Waals surface area contributed by atoms with Crippen LogP contribution in [0.4, 0.5) is 13.2 Å². The Labute approximate surface area is 99.0 Å². The van der Waals surface area contributed by atoms with Crippen LogP contribution in [-0.2, 0) is 9.53 Å². The second-order valence-corrected chi connectivity index (χ2v) is 9.18. The summed E-state index contributed by atoms with van der Waals surface area (Å²) >= 11 is 0. The summed E-state index contributed by atoms with van der Waals surface area (Å²) in [6, 6.07) is 0. The monoisotopic (exact) mass is 268 g/mol. The van der Waals surface area contributed by atoms with E-state index in [1.165, 1.54) is 6.92 Å². The summed E-state index contributed by atoms with van der Waals surface area (Å²) in [4.78, 5) is 11.1. The minimum Gasteiger partial charge on any atom is -0.463 e. The molecule has 1 atom stereocenters. The zero-order chi connectivity index (χ0) is 13.9. The fourth-order valence-electron chi connectivity index (χ4n) is 0.751. The van der Waals surface area contributed by atoms with Gasteiger partial charge in [0.25, 0.3) is 0 Å². The maximum Gasteiger partial charge on any atom is 0.440 e. The number of hydrogen-bond donors (Lipinski definition) is 1. The molecule has 0 spiro atoms. The Morgan fingerprint density at radius 3 is 2.12 bits per heavy atom. The summed E-state index contributed by atoms with van der Waals surface area (Å²) in [5.41, 5.74) is -1.41. The van der Waals surface area contributed by atoms with E-state index in [2.05, 4.69) is 10.3 Å². The van der Waals surface area contributed by atoms with E-state index >= 15 is 0 Å². The van der Waals surface area contributed by atoms with Crippen molar-refractivity contribution in [3.63, 3.8) is 0 Å². The van der Waals surface area contributed by atoms with Gasteiger partial charge in [0.05, 0.1) is 6.61 Å². The van der Waals surface area contributed by atoms with Crippen LogP contribution in [0, 0.1) is 11.5 Å². The van der Waals surface area contributed by atoms with Gasteiger partial charge in [-0.05, 0) is 6.92 Å². The van der Waals surface area contributed by atoms with E-state index < -0.39 is 25.8 Å². The number of esters is 1. The third kappa shape index (κ3) is 4.40. The molecule has 0 aliphatic rings. The normalized spacial score (nSPS) is 15.5. The molecule has 0 amide bonds. The van der Waals surface area contributed by atoms with Gasteiger partial charge in [-0.2, -0.15) is 13.2 Å². The van der Waals surface area contributed by atoms with E-state index in [1.54, 1.807) is 25.6 Å². The van der Waals surface area contributed by atoms with Crippen molar-refractivity contribution in [1.82, 2.24) is 0 Å². The second-order valence-electron chi connectivity index (χ2n) is 4.43. The molecule has 7 heteroatoms. The fraction of sp³-hybridized carbons (Fsp3) is 0.700. The number of hydrogen-bond acceptors (Lipinski definition) is 3. The SMILES string of the molecule is CCOC(=O)[C@@](O)(C#C[Si](C)(C)C)C(F)(F)F. The Morgan fingerprint density at radius 2 is 1.82 bits per heavy atom. The van der Waals surface area contributed by atoms with Crippen LogP contribution in [0.25, 0.3) is 0 Å². The molecule has 0 radical (unpaired) electrons. The van der Waals surface area contributed by atoms with Gasteiger partial charge in [0.2, 0.25) is 0 Å². The van der Waals surface area contributed by atoms with Gasteiger partial charge in [-0.1, -0.05) is 25.6 Å². The third-order valence-corrected chi connectivity index (χ3v) is 2.47. The lowest BCUT2D eigenvalue weighted by atomic mass is 10.1. The molecule has 0 aromatic rings. The first kappa shape index (κ1) is 16.0. The lowest BCUT2D eigenvalue weighted by Gasteiger charge is -2.23. The average molecular weight is 268 g/mol. The highest BCUT2D eigenvalue weighted by Crippen LogP contribution is 2.31. The van der Waals surface area contributed by atoms with E-state index in [0.717, 1.165) is 0 Å². The number of aliphatic hydroxyl groups is 1. The van der Waals surface area contributed by atoms with Crippen LogP contribution in [0.15, 0.2) is 0 Å². The fourth-order valence-corrected chi connectivity index (χ4v) is 1.31. The zero-order valence-electron chi connectivity index (χ0n) is 10.1. The molecule has 1 N–H and O–H groups in total. The van der Waals surface area contributed by atoms with Crippen LogP contribution < -0.4 is 0 Å². The lowest BCUT2D eigenvalue weighted by molar-refractivity contribution is -0.242. The third-order valence-electron chi connectivity index (χ3n) is 1.60. The minimum absolute atomic E-state index is 0.258. The van der Waals surface area contributed by atoms with Gasteiger partial charge in [-0.25, -0.2) is 4.79 Å². The zero-order valence-corrected chi connectivity index (χ0v) is 11.1. The Balaban J connectivity index is 5.41. The largest absolute Gasteiger partial charge is 0.463 e. The van der Waals surface area contributed by atoms with E-state index in [4.69, 9.17) is 0 Å². The summed E-state index contributed by atoms with van der Waals surface area (Å²) < 4.78 is 42.0. The van der Waals surface area contributed by atoms with E-state index in [1.807, 2.05) is 0 Å². The number of alkyl halides is 3. The van der Waals surface area contributed by atoms with Crippen molar-refractivity contribution in [2.24, 2.45) is 0 Å². The summed E-state index contributed by atoms with van der Waals surface area (Å²) in [7, 11) is -2.14. The minimum atomic E-state index is -5.17. The number of rotatable bonds is 2. The Kier molecular flexibility index (Phi) is 4.80. The lowest BCUT2D eigenvalue weighted by Crippen LogP contribution is -2.52. The van der Waals surface area contributed by atoms with Gasteiger partial charge in [0.1, 0.15) is 8.07 Å². The summed E-state index contributed by atoms with van der Waals surface area (Å²) in [6.07, 6.45) is -5.17. The molecule has 0 bridgehead atoms. The average Bonchev–Trinajstić information content (AvgIpc) is 2.11. The van der Waals surface area contributed by atoms with Crippen molar-refractivity contribution in [3.8, 4) is 11.5 Å². The topological polar surface area (TPSA) is 46.5 Å². The first-order chi connectivity index (χ1) is 7.44. The summed E-state index contributed by atoms with van der Waals surface area (Å²) in [5.74, 6) is -0.151. The number of halogens is 3. The molecule has 17 heavy (non-hydrogen) atoms. The van der Waals surface area contributed by atoms with Crippen LogP contribution in [0.2, 0.25) is 19.6 Å². The molecule has 0 unspecified atom stereocenters. The van der Waals surface area contributed by atoms with Crippen LogP contribution >= 0.6 is 0 Å². The standard InChI is InChI=1S/C10H15F3O3Si/c1-5-16-8(14)9(15,10(11,12)13)6-7-17(2,3)4/h15H,5H2,1-4H3/t9-/m0/s1. The van der Waals surface area contributed by atoms with Gasteiger partial charge < -0.3 is 9.84 Å². The van der Waals surface area contributed by atoms with E-state index in [0.29, 0.717) is 0 Å². The van der Waals surface area contributed by atoms with Crippen molar-refractivity contribution in [1.29, 1.82) is 0 Å². The molecule has 0 rings (SSSR count). The van der Waals surface area contributed by atoms with Crippen LogP contribution in [0.1, 0.15) is 6.92 Å². The highest BCUT2D eigenvalue weighted by atomic mass is 28.3. The maximum atomic E-state index is 12.6. The molecule has 0 aliphatic carbocycles. The van der Waals surface area contributed by atoms with E-state index in [9.17, 15) is 23.1 Å². The predicted molar refractivity (Wildman–Crippen MR) is 58.8 cm³/mol. The molecule has 0 heterocycles. The number of carbonyl (C=O) groups is 1. The van der Waals surface area contributed by atoms with Gasteiger partial charge in [0, 0.05) is 0 Å². The summed E-state index contributed by atoms with van der Waals surface area (Å²) in [5, 5.41) is 9.36. The molecule has 98 valence electrons. The van der Waals surface area contributed by atoms with Crippen LogP contribution in [-0.4, -0.2) is 37.5 Å². The molecule has 0 fully saturated rings. The van der Waals surface area contributed by atoms with E-state index in [-0.39, 0.29) is 6.61 Å². The molecule has 0 saturated carbocycles. The number of carbonyl (C=O) groups excluding carboxylic acids is 1. The van der Waals surface area contributed by atoms with Crippen LogP contribution in [0.5, 0.6) is 0 Å².